The first-order valence-corrected chi connectivity index (χ1v) is 4.76. The zero-order chi connectivity index (χ0) is 9.68. The van der Waals surface area contributed by atoms with Gasteiger partial charge in [0, 0.05) is 5.02 Å². The van der Waals surface area contributed by atoms with Crippen molar-refractivity contribution in [3.05, 3.63) is 28.8 Å². The van der Waals surface area contributed by atoms with Crippen molar-refractivity contribution in [2.24, 2.45) is 0 Å². The molecule has 0 radical (unpaired) electrons. The highest BCUT2D eigenvalue weighted by Crippen LogP contribution is 2.22. The van der Waals surface area contributed by atoms with Gasteiger partial charge in [0.15, 0.2) is 0 Å². The third kappa shape index (κ3) is 2.90. The predicted octanol–water partition coefficient (Wildman–Crippen LogP) is 3.40. The molecule has 3 heteroatoms. The Morgan fingerprint density at radius 3 is 2.92 bits per heavy atom. The van der Waals surface area contributed by atoms with Gasteiger partial charge in [-0.2, -0.15) is 0 Å². The molecule has 0 aliphatic carbocycles. The molecule has 72 valence electrons. The summed E-state index contributed by atoms with van der Waals surface area (Å²) in [4.78, 5) is 5.20. The van der Waals surface area contributed by atoms with Crippen LogP contribution in [0.4, 0.5) is 5.69 Å². The van der Waals surface area contributed by atoms with Crippen LogP contribution in [-0.2, 0) is 4.84 Å². The molecule has 0 bridgehead atoms. The lowest BCUT2D eigenvalue weighted by atomic mass is 10.2. The van der Waals surface area contributed by atoms with Gasteiger partial charge in [-0.1, -0.05) is 24.6 Å². The number of nitrogens with one attached hydrogen (secondary N) is 1. The van der Waals surface area contributed by atoms with E-state index in [2.05, 4.69) is 12.4 Å². The summed E-state index contributed by atoms with van der Waals surface area (Å²) >= 11 is 5.93. The number of rotatable bonds is 4. The summed E-state index contributed by atoms with van der Waals surface area (Å²) < 4.78 is 0. The van der Waals surface area contributed by atoms with Crippen LogP contribution in [-0.4, -0.2) is 6.61 Å². The zero-order valence-electron chi connectivity index (χ0n) is 7.93. The summed E-state index contributed by atoms with van der Waals surface area (Å²) in [7, 11) is 0. The first-order chi connectivity index (χ1) is 6.25. The second-order valence-corrected chi connectivity index (χ2v) is 3.27. The number of benzene rings is 1. The van der Waals surface area contributed by atoms with Gasteiger partial charge in [-0.15, -0.1) is 0 Å². The maximum atomic E-state index is 5.93. The monoisotopic (exact) mass is 199 g/mol. The largest absolute Gasteiger partial charge is 0.276 e. The van der Waals surface area contributed by atoms with Crippen molar-refractivity contribution in [1.82, 2.24) is 0 Å². The summed E-state index contributed by atoms with van der Waals surface area (Å²) in [6, 6.07) is 5.70. The molecule has 0 saturated heterocycles. The van der Waals surface area contributed by atoms with Gasteiger partial charge < -0.3 is 0 Å². The van der Waals surface area contributed by atoms with Crippen LogP contribution in [0.1, 0.15) is 18.9 Å². The van der Waals surface area contributed by atoms with Gasteiger partial charge in [-0.25, -0.2) is 0 Å². The molecule has 1 rings (SSSR count). The fourth-order valence-corrected chi connectivity index (χ4v) is 1.12. The highest BCUT2D eigenvalue weighted by Gasteiger charge is 2.00. The summed E-state index contributed by atoms with van der Waals surface area (Å²) in [5.41, 5.74) is 4.82. The molecule has 0 spiro atoms. The Labute approximate surface area is 83.8 Å². The lowest BCUT2D eigenvalue weighted by Crippen LogP contribution is -2.03. The van der Waals surface area contributed by atoms with Gasteiger partial charge in [-0.05, 0) is 31.0 Å². The van der Waals surface area contributed by atoms with Gasteiger partial charge in [0.1, 0.15) is 0 Å². The molecular weight excluding hydrogens is 186 g/mol. The molecule has 0 atom stereocenters. The van der Waals surface area contributed by atoms with E-state index >= 15 is 0 Å². The van der Waals surface area contributed by atoms with Crippen LogP contribution in [0.25, 0.3) is 0 Å². The van der Waals surface area contributed by atoms with E-state index in [0.29, 0.717) is 6.61 Å². The van der Waals surface area contributed by atoms with E-state index in [1.807, 2.05) is 25.1 Å². The Morgan fingerprint density at radius 1 is 1.46 bits per heavy atom. The maximum Gasteiger partial charge on any atom is 0.0743 e. The topological polar surface area (TPSA) is 21.3 Å². The lowest BCUT2D eigenvalue weighted by molar-refractivity contribution is 0.194. The minimum atomic E-state index is 0.700. The molecule has 0 amide bonds. The van der Waals surface area contributed by atoms with Crippen LogP contribution in [0.3, 0.4) is 0 Å². The SMILES string of the molecule is CCCONc1cccc(Cl)c1C. The second kappa shape index (κ2) is 5.10. The average Bonchev–Trinajstić information content (AvgIpc) is 2.13. The Balaban J connectivity index is 2.61. The molecule has 0 aliphatic rings. The van der Waals surface area contributed by atoms with Crippen molar-refractivity contribution >= 4 is 17.3 Å². The van der Waals surface area contributed by atoms with Crippen molar-refractivity contribution in [1.29, 1.82) is 0 Å². The first-order valence-electron chi connectivity index (χ1n) is 4.38. The van der Waals surface area contributed by atoms with Crippen molar-refractivity contribution in [2.75, 3.05) is 12.1 Å². The van der Waals surface area contributed by atoms with E-state index in [0.717, 1.165) is 22.7 Å². The molecular formula is C10H14ClNO. The van der Waals surface area contributed by atoms with E-state index in [4.69, 9.17) is 16.4 Å². The fraction of sp³-hybridized carbons (Fsp3) is 0.400. The molecule has 0 fully saturated rings. The van der Waals surface area contributed by atoms with Crippen molar-refractivity contribution in [3.8, 4) is 0 Å². The first kappa shape index (κ1) is 10.4. The van der Waals surface area contributed by atoms with Gasteiger partial charge in [0.25, 0.3) is 0 Å². The van der Waals surface area contributed by atoms with Gasteiger partial charge in [0.05, 0.1) is 12.3 Å². The molecule has 0 saturated carbocycles. The van der Waals surface area contributed by atoms with Crippen LogP contribution in [0.5, 0.6) is 0 Å². The fourth-order valence-electron chi connectivity index (χ4n) is 0.949. The Morgan fingerprint density at radius 2 is 2.23 bits per heavy atom. The number of hydrogen-bond acceptors (Lipinski definition) is 2. The minimum Gasteiger partial charge on any atom is -0.276 e. The standard InChI is InChI=1S/C10H14ClNO/c1-3-7-13-12-10-6-4-5-9(11)8(10)2/h4-6,12H,3,7H2,1-2H3. The third-order valence-corrected chi connectivity index (χ3v) is 2.17. The third-order valence-electron chi connectivity index (χ3n) is 1.76. The Kier molecular flexibility index (Phi) is 4.06. The average molecular weight is 200 g/mol. The van der Waals surface area contributed by atoms with E-state index in [9.17, 15) is 0 Å². The zero-order valence-corrected chi connectivity index (χ0v) is 8.69. The number of hydrogen-bond donors (Lipinski definition) is 1. The molecule has 1 N–H and O–H groups in total. The summed E-state index contributed by atoms with van der Waals surface area (Å²) in [5, 5.41) is 0.755. The second-order valence-electron chi connectivity index (χ2n) is 2.86. The summed E-state index contributed by atoms with van der Waals surface area (Å²) in [5.74, 6) is 0. The van der Waals surface area contributed by atoms with Crippen LogP contribution < -0.4 is 5.48 Å². The van der Waals surface area contributed by atoms with Crippen LogP contribution in [0.2, 0.25) is 5.02 Å². The van der Waals surface area contributed by atoms with E-state index in [1.54, 1.807) is 0 Å². The van der Waals surface area contributed by atoms with Crippen LogP contribution >= 0.6 is 11.6 Å². The molecule has 13 heavy (non-hydrogen) atoms. The Hall–Kier alpha value is -0.730. The van der Waals surface area contributed by atoms with E-state index in [-0.39, 0.29) is 0 Å². The molecule has 1 aromatic rings. The Bertz CT molecular complexity index is 276. The van der Waals surface area contributed by atoms with Gasteiger partial charge in [-0.3, -0.25) is 10.3 Å². The van der Waals surface area contributed by atoms with Crippen LogP contribution in [0, 0.1) is 6.92 Å². The highest BCUT2D eigenvalue weighted by atomic mass is 35.5. The molecule has 0 aromatic heterocycles. The molecule has 2 nitrogen and oxygen atoms in total. The molecule has 0 aliphatic heterocycles. The summed E-state index contributed by atoms with van der Waals surface area (Å²) in [6.45, 7) is 4.72. The van der Waals surface area contributed by atoms with Crippen molar-refractivity contribution in [3.63, 3.8) is 0 Å². The molecule has 0 heterocycles. The number of anilines is 1. The summed E-state index contributed by atoms with van der Waals surface area (Å²) in [6.07, 6.45) is 0.993. The van der Waals surface area contributed by atoms with Crippen LogP contribution in [0.15, 0.2) is 18.2 Å². The lowest BCUT2D eigenvalue weighted by Gasteiger charge is -2.09. The normalized spacial score (nSPS) is 10.1. The van der Waals surface area contributed by atoms with Gasteiger partial charge in [0.2, 0.25) is 0 Å². The maximum absolute atomic E-state index is 5.93. The minimum absolute atomic E-state index is 0.700. The number of halogens is 1. The quantitative estimate of drug-likeness (QED) is 0.593. The predicted molar refractivity (Wildman–Crippen MR) is 56.1 cm³/mol. The van der Waals surface area contributed by atoms with Gasteiger partial charge >= 0.3 is 0 Å². The highest BCUT2D eigenvalue weighted by molar-refractivity contribution is 6.31. The smallest absolute Gasteiger partial charge is 0.0743 e. The van der Waals surface area contributed by atoms with E-state index < -0.39 is 0 Å². The van der Waals surface area contributed by atoms with E-state index in [1.165, 1.54) is 0 Å². The molecule has 0 unspecified atom stereocenters. The van der Waals surface area contributed by atoms with Crippen molar-refractivity contribution in [2.45, 2.75) is 20.3 Å². The van der Waals surface area contributed by atoms with Crippen molar-refractivity contribution < 1.29 is 4.84 Å². The molecule has 1 aromatic carbocycles.